The molecule has 0 aliphatic heterocycles. The van der Waals surface area contributed by atoms with E-state index in [9.17, 15) is 13.2 Å². The summed E-state index contributed by atoms with van der Waals surface area (Å²) in [4.78, 5) is 12.7. The van der Waals surface area contributed by atoms with Gasteiger partial charge in [0.1, 0.15) is 6.04 Å². The van der Waals surface area contributed by atoms with Crippen molar-refractivity contribution in [2.24, 2.45) is 0 Å². The van der Waals surface area contributed by atoms with Gasteiger partial charge in [0.15, 0.2) is 0 Å². The molecular formula is C13H21ClN2O4S. The Hall–Kier alpha value is -1.15. The van der Waals surface area contributed by atoms with E-state index in [2.05, 4.69) is 0 Å². The molecule has 1 aromatic rings. The third kappa shape index (κ3) is 4.96. The summed E-state index contributed by atoms with van der Waals surface area (Å²) in [6.07, 6.45) is 0. The summed E-state index contributed by atoms with van der Waals surface area (Å²) in [6.45, 7) is 1.95. The number of carbonyl (C=O) groups is 1. The fraction of sp³-hybridized carbons (Fsp3) is 0.462. The van der Waals surface area contributed by atoms with Crippen LogP contribution in [0.5, 0.6) is 0 Å². The summed E-state index contributed by atoms with van der Waals surface area (Å²) in [6, 6.07) is 5.90. The highest BCUT2D eigenvalue weighted by molar-refractivity contribution is 7.89. The summed E-state index contributed by atoms with van der Waals surface area (Å²) in [5.74, 6) is -0.912. The Bertz CT molecular complexity index is 590. The zero-order valence-electron chi connectivity index (χ0n) is 12.5. The number of sulfonamides is 1. The SMILES string of the molecule is CC(C(=O)O)N(C)Cc1cccc(S(=O)(=O)N(C)C)c1.Cl. The lowest BCUT2D eigenvalue weighted by Crippen LogP contribution is -2.35. The predicted molar refractivity (Wildman–Crippen MR) is 83.1 cm³/mol. The molecule has 8 heteroatoms. The molecule has 0 saturated heterocycles. The van der Waals surface area contributed by atoms with Crippen molar-refractivity contribution in [3.05, 3.63) is 29.8 Å². The number of halogens is 1. The second kappa shape index (κ2) is 7.74. The highest BCUT2D eigenvalue weighted by atomic mass is 35.5. The third-order valence-corrected chi connectivity index (χ3v) is 4.94. The molecule has 1 rings (SSSR count). The molecule has 120 valence electrons. The number of rotatable bonds is 6. The molecule has 0 saturated carbocycles. The lowest BCUT2D eigenvalue weighted by Gasteiger charge is -2.21. The Kier molecular flexibility index (Phi) is 7.32. The van der Waals surface area contributed by atoms with Crippen LogP contribution in [0.2, 0.25) is 0 Å². The van der Waals surface area contributed by atoms with Crippen molar-refractivity contribution in [3.63, 3.8) is 0 Å². The second-order valence-corrected chi connectivity index (χ2v) is 7.02. The standard InChI is InChI=1S/C13H20N2O4S.ClH/c1-10(13(16)17)15(4)9-11-6-5-7-12(8-11)20(18,19)14(2)3;/h5-8,10H,9H2,1-4H3,(H,16,17);1H. The summed E-state index contributed by atoms with van der Waals surface area (Å²) in [7, 11) is 1.16. The Morgan fingerprint density at radius 3 is 2.33 bits per heavy atom. The first-order valence-corrected chi connectivity index (χ1v) is 7.54. The normalized spacial score (nSPS) is 13.0. The Morgan fingerprint density at radius 2 is 1.86 bits per heavy atom. The summed E-state index contributed by atoms with van der Waals surface area (Å²) in [5.41, 5.74) is 0.753. The maximum absolute atomic E-state index is 12.0. The number of hydrogen-bond acceptors (Lipinski definition) is 4. The van der Waals surface area contributed by atoms with Crippen LogP contribution in [0.1, 0.15) is 12.5 Å². The van der Waals surface area contributed by atoms with Crippen molar-refractivity contribution in [1.29, 1.82) is 0 Å². The van der Waals surface area contributed by atoms with Crippen molar-refractivity contribution in [3.8, 4) is 0 Å². The van der Waals surface area contributed by atoms with E-state index in [-0.39, 0.29) is 17.3 Å². The number of benzene rings is 1. The average Bonchev–Trinajstić information content (AvgIpc) is 2.37. The van der Waals surface area contributed by atoms with E-state index in [4.69, 9.17) is 5.11 Å². The van der Waals surface area contributed by atoms with E-state index in [1.54, 1.807) is 37.1 Å². The summed E-state index contributed by atoms with van der Waals surface area (Å²) >= 11 is 0. The van der Waals surface area contributed by atoms with Crippen molar-refractivity contribution >= 4 is 28.4 Å². The lowest BCUT2D eigenvalue weighted by molar-refractivity contribution is -0.142. The Morgan fingerprint density at radius 1 is 1.29 bits per heavy atom. The van der Waals surface area contributed by atoms with Gasteiger partial charge in [-0.25, -0.2) is 12.7 Å². The van der Waals surface area contributed by atoms with Crippen LogP contribution in [0, 0.1) is 0 Å². The van der Waals surface area contributed by atoms with Crippen LogP contribution in [-0.4, -0.2) is 55.9 Å². The predicted octanol–water partition coefficient (Wildman–Crippen LogP) is 1.26. The molecule has 0 aliphatic carbocycles. The summed E-state index contributed by atoms with van der Waals surface area (Å²) < 4.78 is 25.2. The second-order valence-electron chi connectivity index (χ2n) is 4.86. The molecule has 0 amide bonds. The van der Waals surface area contributed by atoms with Gasteiger partial charge in [-0.15, -0.1) is 12.4 Å². The van der Waals surface area contributed by atoms with Gasteiger partial charge in [0.05, 0.1) is 4.90 Å². The van der Waals surface area contributed by atoms with Gasteiger partial charge in [0, 0.05) is 20.6 Å². The molecule has 0 spiro atoms. The molecule has 1 N–H and O–H groups in total. The fourth-order valence-electron chi connectivity index (χ4n) is 1.63. The summed E-state index contributed by atoms with van der Waals surface area (Å²) in [5, 5.41) is 8.94. The van der Waals surface area contributed by atoms with Gasteiger partial charge in [0.25, 0.3) is 0 Å². The first kappa shape index (κ1) is 19.9. The lowest BCUT2D eigenvalue weighted by atomic mass is 10.2. The minimum absolute atomic E-state index is 0. The largest absolute Gasteiger partial charge is 0.480 e. The minimum Gasteiger partial charge on any atom is -0.480 e. The molecule has 0 aliphatic rings. The van der Waals surface area contributed by atoms with Gasteiger partial charge in [-0.1, -0.05) is 12.1 Å². The first-order valence-electron chi connectivity index (χ1n) is 6.10. The quantitative estimate of drug-likeness (QED) is 0.846. The van der Waals surface area contributed by atoms with E-state index >= 15 is 0 Å². The fourth-order valence-corrected chi connectivity index (χ4v) is 2.60. The highest BCUT2D eigenvalue weighted by Crippen LogP contribution is 2.16. The van der Waals surface area contributed by atoms with Crippen molar-refractivity contribution < 1.29 is 18.3 Å². The van der Waals surface area contributed by atoms with Gasteiger partial charge in [0.2, 0.25) is 10.0 Å². The molecule has 0 aromatic heterocycles. The van der Waals surface area contributed by atoms with Gasteiger partial charge in [-0.2, -0.15) is 0 Å². The molecule has 0 heterocycles. The van der Waals surface area contributed by atoms with Crippen LogP contribution in [0.3, 0.4) is 0 Å². The maximum Gasteiger partial charge on any atom is 0.320 e. The Labute approximate surface area is 131 Å². The van der Waals surface area contributed by atoms with Crippen LogP contribution in [-0.2, 0) is 21.4 Å². The molecule has 21 heavy (non-hydrogen) atoms. The monoisotopic (exact) mass is 336 g/mol. The van der Waals surface area contributed by atoms with Gasteiger partial charge in [-0.05, 0) is 31.7 Å². The molecule has 0 bridgehead atoms. The van der Waals surface area contributed by atoms with Crippen molar-refractivity contribution in [1.82, 2.24) is 9.21 Å². The number of hydrogen-bond donors (Lipinski definition) is 1. The van der Waals surface area contributed by atoms with Crippen LogP contribution in [0.25, 0.3) is 0 Å². The maximum atomic E-state index is 12.0. The zero-order chi connectivity index (χ0) is 15.5. The van der Waals surface area contributed by atoms with E-state index in [1.165, 1.54) is 20.2 Å². The van der Waals surface area contributed by atoms with Crippen molar-refractivity contribution in [2.75, 3.05) is 21.1 Å². The Balaban J connectivity index is 0.00000400. The third-order valence-electron chi connectivity index (χ3n) is 3.13. The van der Waals surface area contributed by atoms with E-state index in [0.29, 0.717) is 6.54 Å². The average molecular weight is 337 g/mol. The number of carboxylic acids is 1. The van der Waals surface area contributed by atoms with Gasteiger partial charge in [-0.3, -0.25) is 9.69 Å². The van der Waals surface area contributed by atoms with E-state index in [1.807, 2.05) is 0 Å². The molecule has 1 atom stereocenters. The van der Waals surface area contributed by atoms with Gasteiger partial charge >= 0.3 is 5.97 Å². The first-order chi connectivity index (χ1) is 9.16. The number of aliphatic carboxylic acids is 1. The van der Waals surface area contributed by atoms with E-state index < -0.39 is 22.0 Å². The topological polar surface area (TPSA) is 77.9 Å². The number of likely N-dealkylation sites (N-methyl/N-ethyl adjacent to an activating group) is 1. The molecule has 1 aromatic carbocycles. The van der Waals surface area contributed by atoms with Crippen LogP contribution in [0.4, 0.5) is 0 Å². The van der Waals surface area contributed by atoms with Crippen LogP contribution >= 0.6 is 12.4 Å². The molecular weight excluding hydrogens is 316 g/mol. The molecule has 0 radical (unpaired) electrons. The molecule has 0 fully saturated rings. The highest BCUT2D eigenvalue weighted by Gasteiger charge is 2.19. The molecule has 1 unspecified atom stereocenters. The zero-order valence-corrected chi connectivity index (χ0v) is 14.1. The number of nitrogens with zero attached hydrogens (tertiary/aromatic N) is 2. The van der Waals surface area contributed by atoms with Crippen LogP contribution < -0.4 is 0 Å². The van der Waals surface area contributed by atoms with Crippen molar-refractivity contribution in [2.45, 2.75) is 24.4 Å². The van der Waals surface area contributed by atoms with E-state index in [0.717, 1.165) is 9.87 Å². The van der Waals surface area contributed by atoms with Gasteiger partial charge < -0.3 is 5.11 Å². The van der Waals surface area contributed by atoms with Crippen LogP contribution in [0.15, 0.2) is 29.2 Å². The number of carboxylic acid groups (broad SMARTS) is 1. The molecule has 6 nitrogen and oxygen atoms in total. The smallest absolute Gasteiger partial charge is 0.320 e. The minimum atomic E-state index is -3.47.